The lowest BCUT2D eigenvalue weighted by Gasteiger charge is -2.27. The molecule has 0 spiro atoms. The van der Waals surface area contributed by atoms with E-state index < -0.39 is 25.2 Å². The molecule has 2 fully saturated rings. The third kappa shape index (κ3) is 4.03. The third-order valence-corrected chi connectivity index (χ3v) is 7.38. The van der Waals surface area contributed by atoms with Crippen LogP contribution in [0, 0.1) is 0 Å². The number of nitrogens with one attached hydrogen (secondary N) is 2. The van der Waals surface area contributed by atoms with Crippen LogP contribution in [0.25, 0.3) is 0 Å². The van der Waals surface area contributed by atoms with Gasteiger partial charge >= 0.3 is 0 Å². The molecule has 0 amide bonds. The first-order chi connectivity index (χ1) is 8.59. The molecule has 2 rings (SSSR count). The van der Waals surface area contributed by atoms with Crippen molar-refractivity contribution in [2.75, 3.05) is 23.0 Å². The van der Waals surface area contributed by atoms with E-state index in [0.717, 1.165) is 0 Å². The van der Waals surface area contributed by atoms with Gasteiger partial charge in [-0.2, -0.15) is 0 Å². The summed E-state index contributed by atoms with van der Waals surface area (Å²) in [6.45, 7) is 1.82. The molecule has 0 aromatic heterocycles. The first-order valence-electron chi connectivity index (χ1n) is 6.09. The van der Waals surface area contributed by atoms with Crippen LogP contribution in [0.15, 0.2) is 0 Å². The van der Waals surface area contributed by atoms with Gasteiger partial charge in [-0.25, -0.2) is 16.8 Å². The van der Waals surface area contributed by atoms with Gasteiger partial charge in [-0.05, 0) is 32.0 Å². The van der Waals surface area contributed by atoms with Crippen LogP contribution in [-0.4, -0.2) is 56.5 Å². The van der Waals surface area contributed by atoms with Gasteiger partial charge in [-0.1, -0.05) is 0 Å². The zero-order valence-corrected chi connectivity index (χ0v) is 13.1. The quantitative estimate of drug-likeness (QED) is 0.643. The molecule has 0 bridgehead atoms. The van der Waals surface area contributed by atoms with Crippen molar-refractivity contribution in [3.63, 3.8) is 0 Å². The second kappa shape index (κ2) is 4.85. The summed E-state index contributed by atoms with van der Waals surface area (Å²) in [6, 6.07) is -0.174. The lowest BCUT2D eigenvalue weighted by atomic mass is 10.0. The van der Waals surface area contributed by atoms with Gasteiger partial charge in [0.15, 0.2) is 24.8 Å². The molecule has 2 unspecified atom stereocenters. The Labute approximate surface area is 119 Å². The second-order valence-corrected chi connectivity index (χ2v) is 10.4. The van der Waals surface area contributed by atoms with Crippen molar-refractivity contribution in [1.29, 1.82) is 0 Å². The van der Waals surface area contributed by atoms with Crippen LogP contribution < -0.4 is 10.6 Å². The number of rotatable bonds is 2. The Bertz CT molecular complexity index is 584. The number of thiocarbonyl (C=S) groups is 1. The summed E-state index contributed by atoms with van der Waals surface area (Å²) in [5, 5.41) is 6.31. The van der Waals surface area contributed by atoms with Gasteiger partial charge in [0.25, 0.3) is 0 Å². The van der Waals surface area contributed by atoms with E-state index in [9.17, 15) is 16.8 Å². The van der Waals surface area contributed by atoms with Crippen LogP contribution >= 0.6 is 12.2 Å². The molecule has 9 heteroatoms. The van der Waals surface area contributed by atoms with Crippen LogP contribution in [0.2, 0.25) is 0 Å². The smallest absolute Gasteiger partial charge is 0.166 e. The Morgan fingerprint density at radius 2 is 1.89 bits per heavy atom. The first kappa shape index (κ1) is 15.0. The minimum Gasteiger partial charge on any atom is -0.359 e. The van der Waals surface area contributed by atoms with Crippen molar-refractivity contribution in [3.8, 4) is 0 Å². The van der Waals surface area contributed by atoms with E-state index in [4.69, 9.17) is 12.2 Å². The van der Waals surface area contributed by atoms with E-state index in [-0.39, 0.29) is 29.1 Å². The van der Waals surface area contributed by atoms with Crippen molar-refractivity contribution < 1.29 is 16.8 Å². The van der Waals surface area contributed by atoms with E-state index >= 15 is 0 Å². The fourth-order valence-corrected chi connectivity index (χ4v) is 6.69. The largest absolute Gasteiger partial charge is 0.359 e. The van der Waals surface area contributed by atoms with Crippen LogP contribution in [-0.2, 0) is 19.7 Å². The van der Waals surface area contributed by atoms with E-state index in [2.05, 4.69) is 10.6 Å². The molecule has 0 aliphatic carbocycles. The van der Waals surface area contributed by atoms with Gasteiger partial charge in [0.2, 0.25) is 0 Å². The average molecular weight is 326 g/mol. The number of sulfone groups is 2. The lowest BCUT2D eigenvalue weighted by molar-refractivity contribution is 0.464. The van der Waals surface area contributed by atoms with Gasteiger partial charge in [0, 0.05) is 6.04 Å². The normalized spacial score (nSPS) is 35.9. The van der Waals surface area contributed by atoms with Crippen molar-refractivity contribution in [1.82, 2.24) is 10.6 Å². The van der Waals surface area contributed by atoms with Crippen molar-refractivity contribution >= 4 is 37.0 Å². The van der Waals surface area contributed by atoms with Crippen LogP contribution in [0.4, 0.5) is 0 Å². The van der Waals surface area contributed by atoms with E-state index in [0.29, 0.717) is 18.0 Å². The van der Waals surface area contributed by atoms with Gasteiger partial charge in [0.1, 0.15) is 0 Å². The molecule has 0 aromatic carbocycles. The summed E-state index contributed by atoms with van der Waals surface area (Å²) in [7, 11) is -5.94. The molecule has 0 radical (unpaired) electrons. The predicted octanol–water partition coefficient (Wildman–Crippen LogP) is -0.785. The maximum atomic E-state index is 11.5. The SMILES string of the molecule is CC1(NC(=S)NC2CCS(=O)(=O)C2)CCS(=O)(=O)C1. The Balaban J connectivity index is 1.89. The standard InChI is InChI=1S/C10H18N2O4S3/c1-10(3-5-19(15,16)7-10)12-9(17)11-8-2-4-18(13,14)6-8/h8H,2-7H2,1H3,(H2,11,12,17). The summed E-state index contributed by atoms with van der Waals surface area (Å²) in [4.78, 5) is 0. The molecule has 2 saturated heterocycles. The summed E-state index contributed by atoms with van der Waals surface area (Å²) in [5.74, 6) is 0.491. The third-order valence-electron chi connectivity index (χ3n) is 3.49. The molecule has 6 nitrogen and oxygen atoms in total. The minimum atomic E-state index is -2.99. The van der Waals surface area contributed by atoms with Gasteiger partial charge in [0.05, 0.1) is 28.6 Å². The highest BCUT2D eigenvalue weighted by Crippen LogP contribution is 2.22. The first-order valence-corrected chi connectivity index (χ1v) is 10.1. The van der Waals surface area contributed by atoms with Crippen molar-refractivity contribution in [2.24, 2.45) is 0 Å². The molecule has 2 N–H and O–H groups in total. The molecule has 19 heavy (non-hydrogen) atoms. The zero-order chi connectivity index (χ0) is 14.3. The predicted molar refractivity (Wildman–Crippen MR) is 77.6 cm³/mol. The van der Waals surface area contributed by atoms with Crippen LogP contribution in [0.3, 0.4) is 0 Å². The number of hydrogen-bond acceptors (Lipinski definition) is 5. The lowest BCUT2D eigenvalue weighted by Crippen LogP contribution is -2.53. The van der Waals surface area contributed by atoms with E-state index in [1.165, 1.54) is 0 Å². The van der Waals surface area contributed by atoms with Gasteiger partial charge < -0.3 is 10.6 Å². The molecule has 2 heterocycles. The van der Waals surface area contributed by atoms with Gasteiger partial charge in [-0.3, -0.25) is 0 Å². The average Bonchev–Trinajstić information content (AvgIpc) is 2.66. The Kier molecular flexibility index (Phi) is 3.83. The minimum absolute atomic E-state index is 0.0603. The molecule has 2 atom stereocenters. The van der Waals surface area contributed by atoms with Crippen molar-refractivity contribution in [2.45, 2.75) is 31.3 Å². The highest BCUT2D eigenvalue weighted by molar-refractivity contribution is 7.92. The van der Waals surface area contributed by atoms with Crippen LogP contribution in [0.1, 0.15) is 19.8 Å². The van der Waals surface area contributed by atoms with Crippen molar-refractivity contribution in [3.05, 3.63) is 0 Å². The summed E-state index contributed by atoms with van der Waals surface area (Å²) in [6.07, 6.45) is 1.05. The summed E-state index contributed by atoms with van der Waals surface area (Å²) >= 11 is 5.14. The number of hydrogen-bond donors (Lipinski definition) is 2. The topological polar surface area (TPSA) is 92.3 Å². The zero-order valence-electron chi connectivity index (χ0n) is 10.7. The highest BCUT2D eigenvalue weighted by atomic mass is 32.2. The van der Waals surface area contributed by atoms with Crippen LogP contribution in [0.5, 0.6) is 0 Å². The molecular weight excluding hydrogens is 308 g/mol. The summed E-state index contributed by atoms with van der Waals surface area (Å²) < 4.78 is 45.6. The fourth-order valence-electron chi connectivity index (χ4n) is 2.51. The second-order valence-electron chi connectivity index (χ2n) is 5.60. The molecule has 0 saturated carbocycles. The Morgan fingerprint density at radius 3 is 2.37 bits per heavy atom. The molecule has 2 aliphatic heterocycles. The molecule has 0 aromatic rings. The summed E-state index contributed by atoms with van der Waals surface area (Å²) in [5.41, 5.74) is -0.555. The van der Waals surface area contributed by atoms with E-state index in [1.807, 2.05) is 6.92 Å². The highest BCUT2D eigenvalue weighted by Gasteiger charge is 2.39. The Morgan fingerprint density at radius 1 is 1.21 bits per heavy atom. The van der Waals surface area contributed by atoms with Gasteiger partial charge in [-0.15, -0.1) is 0 Å². The molecule has 2 aliphatic rings. The fraction of sp³-hybridized carbons (Fsp3) is 0.900. The van der Waals surface area contributed by atoms with E-state index in [1.54, 1.807) is 0 Å². The monoisotopic (exact) mass is 326 g/mol. The molecule has 110 valence electrons. The molecular formula is C10H18N2O4S3. The Hall–Kier alpha value is -0.410. The maximum Gasteiger partial charge on any atom is 0.166 e. The maximum absolute atomic E-state index is 11.5.